The van der Waals surface area contributed by atoms with Crippen molar-refractivity contribution in [2.75, 3.05) is 13.6 Å². The Morgan fingerprint density at radius 2 is 1.77 bits per heavy atom. The monoisotopic (exact) mass is 325 g/mol. The summed E-state index contributed by atoms with van der Waals surface area (Å²) in [6.07, 6.45) is 6.22. The van der Waals surface area contributed by atoms with Crippen molar-refractivity contribution in [2.45, 2.75) is 62.4 Å². The number of nitrogens with zero attached hydrogens (tertiary/aromatic N) is 1. The van der Waals surface area contributed by atoms with Crippen LogP contribution < -0.4 is 0 Å². The topological polar surface area (TPSA) is 57.6 Å². The fourth-order valence-corrected chi connectivity index (χ4v) is 4.20. The van der Waals surface area contributed by atoms with Crippen LogP contribution in [0.1, 0.15) is 56.9 Å². The lowest BCUT2D eigenvalue weighted by atomic mass is 9.84. The van der Waals surface area contributed by atoms with Gasteiger partial charge in [0.15, 0.2) is 0 Å². The third-order valence-corrected chi connectivity index (χ3v) is 6.40. The first-order chi connectivity index (χ1) is 10.4. The van der Waals surface area contributed by atoms with Crippen molar-refractivity contribution in [1.82, 2.24) is 4.31 Å². The van der Waals surface area contributed by atoms with E-state index in [4.69, 9.17) is 0 Å². The second-order valence-corrected chi connectivity index (χ2v) is 8.41. The minimum absolute atomic E-state index is 0.324. The largest absolute Gasteiger partial charge is 0.393 e. The van der Waals surface area contributed by atoms with Crippen LogP contribution >= 0.6 is 0 Å². The van der Waals surface area contributed by atoms with E-state index in [0.717, 1.165) is 0 Å². The van der Waals surface area contributed by atoms with Crippen LogP contribution in [0.4, 0.5) is 0 Å². The molecular weight excluding hydrogens is 298 g/mol. The van der Waals surface area contributed by atoms with Gasteiger partial charge in [-0.15, -0.1) is 0 Å². The Morgan fingerprint density at radius 1 is 1.18 bits per heavy atom. The number of benzene rings is 1. The van der Waals surface area contributed by atoms with Crippen LogP contribution in [0.25, 0.3) is 0 Å². The van der Waals surface area contributed by atoms with E-state index in [1.807, 2.05) is 12.1 Å². The Hall–Kier alpha value is -0.910. The van der Waals surface area contributed by atoms with Crippen LogP contribution in [-0.4, -0.2) is 37.5 Å². The van der Waals surface area contributed by atoms with Gasteiger partial charge in [-0.1, -0.05) is 31.4 Å². The molecule has 22 heavy (non-hydrogen) atoms. The van der Waals surface area contributed by atoms with E-state index >= 15 is 0 Å². The highest BCUT2D eigenvalue weighted by Crippen LogP contribution is 2.33. The zero-order valence-electron chi connectivity index (χ0n) is 13.5. The molecule has 0 unspecified atom stereocenters. The van der Waals surface area contributed by atoms with Gasteiger partial charge >= 0.3 is 0 Å². The molecule has 0 aliphatic heterocycles. The smallest absolute Gasteiger partial charge is 0.242 e. The predicted octanol–water partition coefficient (Wildman–Crippen LogP) is 3.13. The maximum absolute atomic E-state index is 12.5. The Kier molecular flexibility index (Phi) is 6.01. The first kappa shape index (κ1) is 17.4. The molecule has 1 fully saturated rings. The van der Waals surface area contributed by atoms with Crippen LogP contribution in [0.3, 0.4) is 0 Å². The molecule has 0 heterocycles. The van der Waals surface area contributed by atoms with Gasteiger partial charge in [0.2, 0.25) is 10.0 Å². The van der Waals surface area contributed by atoms with E-state index < -0.39 is 16.1 Å². The fourth-order valence-electron chi connectivity index (χ4n) is 3.02. The number of sulfonamides is 1. The van der Waals surface area contributed by atoms with E-state index in [1.165, 1.54) is 42.0 Å². The normalized spacial score (nSPS) is 18.5. The molecule has 124 valence electrons. The molecule has 1 saturated carbocycles. The lowest BCUT2D eigenvalue weighted by Crippen LogP contribution is -2.29. The molecule has 1 aromatic rings. The van der Waals surface area contributed by atoms with Gasteiger partial charge in [-0.2, -0.15) is 0 Å². The summed E-state index contributed by atoms with van der Waals surface area (Å²) in [7, 11) is -1.90. The molecule has 0 spiro atoms. The number of rotatable bonds is 6. The van der Waals surface area contributed by atoms with Crippen molar-refractivity contribution >= 4 is 10.0 Å². The van der Waals surface area contributed by atoms with Crippen molar-refractivity contribution in [2.24, 2.45) is 0 Å². The summed E-state index contributed by atoms with van der Waals surface area (Å²) in [6, 6.07) is 7.37. The third-order valence-electron chi connectivity index (χ3n) is 4.53. The molecule has 1 aliphatic rings. The van der Waals surface area contributed by atoms with Crippen LogP contribution in [0.15, 0.2) is 29.2 Å². The molecule has 1 aromatic carbocycles. The SMILES string of the molecule is C[C@H](O)CCN(C)S(=O)(=O)c1ccc(C2CCCCC2)cc1. The van der Waals surface area contributed by atoms with E-state index in [9.17, 15) is 13.5 Å². The van der Waals surface area contributed by atoms with Crippen molar-refractivity contribution in [3.05, 3.63) is 29.8 Å². The second-order valence-electron chi connectivity index (χ2n) is 6.37. The molecule has 0 radical (unpaired) electrons. The van der Waals surface area contributed by atoms with Crippen LogP contribution in [0, 0.1) is 0 Å². The summed E-state index contributed by atoms with van der Waals surface area (Å²) in [5.41, 5.74) is 1.25. The molecule has 1 atom stereocenters. The minimum Gasteiger partial charge on any atom is -0.393 e. The highest BCUT2D eigenvalue weighted by Gasteiger charge is 2.22. The predicted molar refractivity (Wildman–Crippen MR) is 88.4 cm³/mol. The van der Waals surface area contributed by atoms with Crippen molar-refractivity contribution in [1.29, 1.82) is 0 Å². The summed E-state index contributed by atoms with van der Waals surface area (Å²) in [5.74, 6) is 0.582. The van der Waals surface area contributed by atoms with Gasteiger partial charge in [0.25, 0.3) is 0 Å². The van der Waals surface area contributed by atoms with Gasteiger partial charge in [-0.3, -0.25) is 0 Å². The maximum atomic E-state index is 12.5. The number of aliphatic hydroxyl groups excluding tert-OH is 1. The average molecular weight is 325 g/mol. The molecule has 0 amide bonds. The van der Waals surface area contributed by atoms with Crippen LogP contribution in [-0.2, 0) is 10.0 Å². The van der Waals surface area contributed by atoms with Crippen molar-refractivity contribution in [3.63, 3.8) is 0 Å². The third kappa shape index (κ3) is 4.31. The molecular formula is C17H27NO3S. The quantitative estimate of drug-likeness (QED) is 0.874. The molecule has 0 saturated heterocycles. The highest BCUT2D eigenvalue weighted by molar-refractivity contribution is 7.89. The summed E-state index contributed by atoms with van der Waals surface area (Å²) in [6.45, 7) is 1.99. The summed E-state index contributed by atoms with van der Waals surface area (Å²) in [4.78, 5) is 0.333. The number of hydrogen-bond acceptors (Lipinski definition) is 3. The van der Waals surface area contributed by atoms with E-state index in [1.54, 1.807) is 26.1 Å². The molecule has 0 aromatic heterocycles. The molecule has 0 bridgehead atoms. The minimum atomic E-state index is -3.46. The van der Waals surface area contributed by atoms with Gasteiger partial charge in [-0.25, -0.2) is 12.7 Å². The molecule has 5 heteroatoms. The molecule has 1 N–H and O–H groups in total. The fraction of sp³-hybridized carbons (Fsp3) is 0.647. The second kappa shape index (κ2) is 7.57. The van der Waals surface area contributed by atoms with Gasteiger partial charge < -0.3 is 5.11 Å². The van der Waals surface area contributed by atoms with Crippen LogP contribution in [0.5, 0.6) is 0 Å². The highest BCUT2D eigenvalue weighted by atomic mass is 32.2. The zero-order chi connectivity index (χ0) is 16.2. The molecule has 4 nitrogen and oxygen atoms in total. The Balaban J connectivity index is 2.07. The standard InChI is InChI=1S/C17H27NO3S/c1-14(19)12-13-18(2)22(20,21)17-10-8-16(9-11-17)15-6-4-3-5-7-15/h8-11,14-15,19H,3-7,12-13H2,1-2H3/t14-/m0/s1. The Morgan fingerprint density at radius 3 is 2.32 bits per heavy atom. The van der Waals surface area contributed by atoms with E-state index in [-0.39, 0.29) is 0 Å². The Labute approximate surface area is 134 Å². The van der Waals surface area contributed by atoms with Crippen LogP contribution in [0.2, 0.25) is 0 Å². The van der Waals surface area contributed by atoms with Gasteiger partial charge in [0.05, 0.1) is 11.0 Å². The van der Waals surface area contributed by atoms with Gasteiger partial charge in [-0.05, 0) is 49.8 Å². The lowest BCUT2D eigenvalue weighted by molar-refractivity contribution is 0.177. The van der Waals surface area contributed by atoms with Gasteiger partial charge in [0.1, 0.15) is 0 Å². The summed E-state index contributed by atoms with van der Waals surface area (Å²) >= 11 is 0. The number of aliphatic hydroxyl groups is 1. The zero-order valence-corrected chi connectivity index (χ0v) is 14.3. The summed E-state index contributed by atoms with van der Waals surface area (Å²) < 4.78 is 26.3. The first-order valence-electron chi connectivity index (χ1n) is 8.15. The van der Waals surface area contributed by atoms with Crippen molar-refractivity contribution < 1.29 is 13.5 Å². The first-order valence-corrected chi connectivity index (χ1v) is 9.59. The van der Waals surface area contributed by atoms with E-state index in [2.05, 4.69) is 0 Å². The summed E-state index contributed by atoms with van der Waals surface area (Å²) in [5, 5.41) is 9.30. The molecule has 2 rings (SSSR count). The lowest BCUT2D eigenvalue weighted by Gasteiger charge is -2.22. The van der Waals surface area contributed by atoms with Crippen molar-refractivity contribution in [3.8, 4) is 0 Å². The Bertz CT molecular complexity index is 560. The van der Waals surface area contributed by atoms with Gasteiger partial charge in [0, 0.05) is 13.6 Å². The maximum Gasteiger partial charge on any atom is 0.242 e. The van der Waals surface area contributed by atoms with E-state index in [0.29, 0.717) is 23.8 Å². The molecule has 1 aliphatic carbocycles. The average Bonchev–Trinajstić information content (AvgIpc) is 2.53. The number of hydrogen-bond donors (Lipinski definition) is 1.